The monoisotopic (exact) mass is 475 g/mol. The number of hydrogen-bond donors (Lipinski definition) is 1. The van der Waals surface area contributed by atoms with Crippen LogP contribution in [0.5, 0.6) is 0 Å². The number of aromatic nitrogens is 2. The van der Waals surface area contributed by atoms with Crippen LogP contribution in [0.4, 0.5) is 0 Å². The van der Waals surface area contributed by atoms with Crippen molar-refractivity contribution in [3.63, 3.8) is 0 Å². The van der Waals surface area contributed by atoms with Gasteiger partial charge in [-0.15, -0.1) is 0 Å². The number of benzene rings is 1. The zero-order valence-electron chi connectivity index (χ0n) is 20.5. The summed E-state index contributed by atoms with van der Waals surface area (Å²) in [6.45, 7) is 0. The molecule has 3 aliphatic carbocycles. The first kappa shape index (κ1) is 22.0. The third-order valence-corrected chi connectivity index (χ3v) is 10.2. The molecule has 1 N–H and O–H groups in total. The molecule has 3 unspecified atom stereocenters. The Morgan fingerprint density at radius 1 is 0.800 bits per heavy atom. The van der Waals surface area contributed by atoms with Crippen LogP contribution in [0.1, 0.15) is 93.6 Å². The molecule has 35 heavy (non-hydrogen) atoms. The third-order valence-electron chi connectivity index (χ3n) is 10.2. The quantitative estimate of drug-likeness (QED) is 0.653. The van der Waals surface area contributed by atoms with E-state index >= 15 is 0 Å². The van der Waals surface area contributed by atoms with Gasteiger partial charge < -0.3 is 9.67 Å². The molecule has 0 spiro atoms. The number of fused-ring (bicyclic) bond motifs is 5. The second kappa shape index (κ2) is 8.43. The van der Waals surface area contributed by atoms with Gasteiger partial charge in [-0.2, -0.15) is 0 Å². The molecule has 2 aliphatic heterocycles. The van der Waals surface area contributed by atoms with Crippen LogP contribution in [0, 0.1) is 23.7 Å². The molecule has 0 radical (unpaired) electrons. The second-order valence-electron chi connectivity index (χ2n) is 12.4. The molecule has 6 heteroatoms. The Morgan fingerprint density at radius 2 is 1.49 bits per heavy atom. The second-order valence-corrected chi connectivity index (χ2v) is 12.4. The molecule has 1 aromatic heterocycles. The lowest BCUT2D eigenvalue weighted by Gasteiger charge is -2.56. The van der Waals surface area contributed by atoms with Crippen molar-refractivity contribution in [2.75, 3.05) is 0 Å². The van der Waals surface area contributed by atoms with Crippen LogP contribution in [-0.2, 0) is 0 Å². The lowest BCUT2D eigenvalue weighted by Crippen LogP contribution is -2.59. The first-order valence-corrected chi connectivity index (χ1v) is 14.1. The highest BCUT2D eigenvalue weighted by Gasteiger charge is 2.47. The summed E-state index contributed by atoms with van der Waals surface area (Å²) in [5, 5.41) is 9.67. The molecule has 0 amide bonds. The van der Waals surface area contributed by atoms with Crippen molar-refractivity contribution in [2.45, 2.75) is 101 Å². The number of carbonyl (C=O) groups is 1. The number of para-hydroxylation sites is 2. The number of carboxylic acid groups (broad SMARTS) is 1. The molecule has 7 atom stereocenters. The molecule has 3 saturated carbocycles. The molecular formula is C29H37N3O3. The predicted molar refractivity (Wildman–Crippen MR) is 135 cm³/mol. The van der Waals surface area contributed by atoms with Crippen LogP contribution >= 0.6 is 0 Å². The fraction of sp³-hybridized carbons (Fsp3) is 0.690. The van der Waals surface area contributed by atoms with Crippen molar-refractivity contribution in [3.05, 3.63) is 40.3 Å². The summed E-state index contributed by atoms with van der Waals surface area (Å²) in [6, 6.07) is 9.29. The van der Waals surface area contributed by atoms with Crippen LogP contribution in [-0.4, -0.2) is 43.7 Å². The Labute approximate surface area is 206 Å². The average molecular weight is 476 g/mol. The summed E-state index contributed by atoms with van der Waals surface area (Å²) in [7, 11) is 0. The van der Waals surface area contributed by atoms with Crippen LogP contribution in [0.2, 0.25) is 0 Å². The maximum absolute atomic E-state index is 13.4. The third kappa shape index (κ3) is 3.83. The van der Waals surface area contributed by atoms with Gasteiger partial charge in [0.25, 0.3) is 5.56 Å². The molecule has 6 nitrogen and oxygen atoms in total. The van der Waals surface area contributed by atoms with Gasteiger partial charge in [0.15, 0.2) is 0 Å². The molecular weight excluding hydrogens is 438 g/mol. The number of aromatic carboxylic acids is 1. The molecule has 3 heterocycles. The number of nitrogens with zero attached hydrogens (tertiary/aromatic N) is 3. The Kier molecular flexibility index (Phi) is 5.30. The zero-order valence-corrected chi connectivity index (χ0v) is 20.5. The van der Waals surface area contributed by atoms with Crippen LogP contribution in [0.3, 0.4) is 0 Å². The highest BCUT2D eigenvalue weighted by atomic mass is 16.4. The Morgan fingerprint density at radius 3 is 2.14 bits per heavy atom. The average Bonchev–Trinajstić information content (AvgIpc) is 3.68. The van der Waals surface area contributed by atoms with Crippen molar-refractivity contribution < 1.29 is 9.90 Å². The van der Waals surface area contributed by atoms with E-state index in [4.69, 9.17) is 0 Å². The van der Waals surface area contributed by atoms with Crippen molar-refractivity contribution in [2.24, 2.45) is 23.7 Å². The molecule has 7 rings (SSSR count). The lowest BCUT2D eigenvalue weighted by atomic mass is 9.64. The first-order valence-electron chi connectivity index (χ1n) is 14.1. The fourth-order valence-electron chi connectivity index (χ4n) is 8.91. The number of rotatable bonds is 4. The van der Waals surface area contributed by atoms with Gasteiger partial charge in [0.1, 0.15) is 0 Å². The topological polar surface area (TPSA) is 75.4 Å². The molecule has 1 aromatic carbocycles. The molecule has 4 bridgehead atoms. The molecule has 2 aromatic rings. The molecule has 5 fully saturated rings. The minimum absolute atomic E-state index is 0.0439. The van der Waals surface area contributed by atoms with E-state index in [9.17, 15) is 14.7 Å². The highest BCUT2D eigenvalue weighted by Crippen LogP contribution is 2.53. The minimum Gasteiger partial charge on any atom is -0.476 e. The first-order chi connectivity index (χ1) is 17.0. The van der Waals surface area contributed by atoms with Gasteiger partial charge in [-0.1, -0.05) is 18.6 Å². The fourth-order valence-corrected chi connectivity index (χ4v) is 8.91. The van der Waals surface area contributed by atoms with Gasteiger partial charge >= 0.3 is 5.97 Å². The molecule has 186 valence electrons. The van der Waals surface area contributed by atoms with Gasteiger partial charge in [-0.25, -0.2) is 9.78 Å². The largest absolute Gasteiger partial charge is 0.476 e. The summed E-state index contributed by atoms with van der Waals surface area (Å²) >= 11 is 0. The van der Waals surface area contributed by atoms with Gasteiger partial charge in [-0.05, 0) is 106 Å². The van der Waals surface area contributed by atoms with Crippen molar-refractivity contribution in [3.8, 4) is 0 Å². The SMILES string of the molecule is O=C(O)c1nc2ccccc2n(C2C[C@H]3CCC[C@@H](C2)N3C2C[C@H]3CC(C4CC4)C[C@@H](C2)C3)c1=O. The smallest absolute Gasteiger partial charge is 0.360 e. The van der Waals surface area contributed by atoms with E-state index in [0.29, 0.717) is 23.6 Å². The molecule has 2 saturated heterocycles. The van der Waals surface area contributed by atoms with Crippen molar-refractivity contribution in [1.82, 2.24) is 14.5 Å². The van der Waals surface area contributed by atoms with Crippen LogP contribution in [0.15, 0.2) is 29.1 Å². The van der Waals surface area contributed by atoms with E-state index < -0.39 is 11.5 Å². The normalized spacial score (nSPS) is 37.3. The number of hydrogen-bond acceptors (Lipinski definition) is 4. The lowest BCUT2D eigenvalue weighted by molar-refractivity contribution is -0.0543. The van der Waals surface area contributed by atoms with E-state index in [0.717, 1.165) is 42.0 Å². The van der Waals surface area contributed by atoms with E-state index in [1.165, 1.54) is 64.2 Å². The predicted octanol–water partition coefficient (Wildman–Crippen LogP) is 5.26. The van der Waals surface area contributed by atoms with Crippen LogP contribution in [0.25, 0.3) is 11.0 Å². The highest BCUT2D eigenvalue weighted by molar-refractivity contribution is 5.88. The number of carboxylic acids is 1. The number of piperidine rings is 2. The zero-order chi connectivity index (χ0) is 23.7. The summed E-state index contributed by atoms with van der Waals surface area (Å²) in [6.07, 6.45) is 15.7. The van der Waals surface area contributed by atoms with Gasteiger partial charge in [0.2, 0.25) is 5.69 Å². The Hall–Kier alpha value is -2.21. The Bertz CT molecular complexity index is 1180. The standard InChI is InChI=1S/C29H37N3O3/c33-28-27(29(34)35)30-25-6-1-2-7-26(25)32(28)24-15-21-4-3-5-22(16-24)31(21)23-13-17-10-18(14-23)12-20(11-17)19-8-9-19/h1-2,6-7,17-24H,3-5,8-16H2,(H,34,35)/t17-,18+,20?,21-,22+,23?,24?. The summed E-state index contributed by atoms with van der Waals surface area (Å²) in [5.41, 5.74) is 0.590. The van der Waals surface area contributed by atoms with E-state index in [2.05, 4.69) is 9.88 Å². The van der Waals surface area contributed by atoms with Gasteiger partial charge in [0, 0.05) is 24.2 Å². The minimum atomic E-state index is -1.23. The maximum atomic E-state index is 13.4. The summed E-state index contributed by atoms with van der Waals surface area (Å²) < 4.78 is 1.80. The summed E-state index contributed by atoms with van der Waals surface area (Å²) in [4.78, 5) is 32.3. The van der Waals surface area contributed by atoms with Crippen LogP contribution < -0.4 is 5.56 Å². The van der Waals surface area contributed by atoms with Crippen molar-refractivity contribution >= 4 is 17.0 Å². The Balaban J connectivity index is 1.17. The van der Waals surface area contributed by atoms with E-state index in [-0.39, 0.29) is 11.7 Å². The van der Waals surface area contributed by atoms with Gasteiger partial charge in [-0.3, -0.25) is 9.69 Å². The van der Waals surface area contributed by atoms with Gasteiger partial charge in [0.05, 0.1) is 11.0 Å². The molecule has 5 aliphatic rings. The van der Waals surface area contributed by atoms with E-state index in [1.54, 1.807) is 4.57 Å². The maximum Gasteiger partial charge on any atom is 0.360 e. The van der Waals surface area contributed by atoms with E-state index in [1.807, 2.05) is 24.3 Å². The van der Waals surface area contributed by atoms with Crippen molar-refractivity contribution in [1.29, 1.82) is 0 Å². The summed E-state index contributed by atoms with van der Waals surface area (Å²) in [5.74, 6) is 2.67.